The van der Waals surface area contributed by atoms with Crippen LogP contribution in [0.4, 0.5) is 0 Å². The van der Waals surface area contributed by atoms with E-state index in [4.69, 9.17) is 4.74 Å². The molecule has 74 valence electrons. The Kier molecular flexibility index (Phi) is 3.48. The van der Waals surface area contributed by atoms with Gasteiger partial charge in [0.2, 0.25) is 0 Å². The minimum absolute atomic E-state index is 0.745. The van der Waals surface area contributed by atoms with Gasteiger partial charge in [-0.1, -0.05) is 13.8 Å². The SMILES string of the molecule is CC.Cc1nn(C)c2c1COCC2. The summed E-state index contributed by atoms with van der Waals surface area (Å²) >= 11 is 0. The fourth-order valence-electron chi connectivity index (χ4n) is 1.59. The number of hydrogen-bond donors (Lipinski definition) is 0. The fourth-order valence-corrected chi connectivity index (χ4v) is 1.59. The Morgan fingerprint density at radius 3 is 2.69 bits per heavy atom. The molecule has 13 heavy (non-hydrogen) atoms. The number of hydrogen-bond acceptors (Lipinski definition) is 2. The lowest BCUT2D eigenvalue weighted by atomic mass is 10.1. The van der Waals surface area contributed by atoms with E-state index in [0.29, 0.717) is 0 Å². The summed E-state index contributed by atoms with van der Waals surface area (Å²) in [6.07, 6.45) is 1.01. The zero-order valence-corrected chi connectivity index (χ0v) is 8.92. The number of aromatic nitrogens is 2. The fraction of sp³-hybridized carbons (Fsp3) is 0.700. The molecule has 0 saturated heterocycles. The van der Waals surface area contributed by atoms with E-state index >= 15 is 0 Å². The van der Waals surface area contributed by atoms with E-state index in [0.717, 1.165) is 25.3 Å². The van der Waals surface area contributed by atoms with Gasteiger partial charge in [0.1, 0.15) is 0 Å². The molecule has 1 aromatic rings. The quantitative estimate of drug-likeness (QED) is 0.612. The van der Waals surface area contributed by atoms with Crippen LogP contribution in [0.1, 0.15) is 30.8 Å². The summed E-state index contributed by atoms with van der Waals surface area (Å²) in [5.41, 5.74) is 3.75. The predicted octanol–water partition coefficient (Wildman–Crippen LogP) is 1.83. The standard InChI is InChI=1S/C8H12N2O.C2H6/c1-6-7-5-11-4-3-8(7)10(2)9-6;1-2/h3-5H2,1-2H3;1-2H3. The number of fused-ring (bicyclic) bond motifs is 1. The molecular formula is C10H18N2O. The molecule has 0 bridgehead atoms. The summed E-state index contributed by atoms with van der Waals surface area (Å²) in [5, 5.41) is 4.33. The van der Waals surface area contributed by atoms with E-state index in [-0.39, 0.29) is 0 Å². The van der Waals surface area contributed by atoms with Gasteiger partial charge in [-0.15, -0.1) is 0 Å². The van der Waals surface area contributed by atoms with Gasteiger partial charge >= 0.3 is 0 Å². The summed E-state index contributed by atoms with van der Waals surface area (Å²) in [7, 11) is 2.00. The van der Waals surface area contributed by atoms with Gasteiger partial charge in [-0.05, 0) is 6.92 Å². The smallest absolute Gasteiger partial charge is 0.0753 e. The highest BCUT2D eigenvalue weighted by Crippen LogP contribution is 2.18. The van der Waals surface area contributed by atoms with Crippen LogP contribution in [0.15, 0.2) is 0 Å². The zero-order chi connectivity index (χ0) is 9.84. The molecular weight excluding hydrogens is 164 g/mol. The molecule has 0 aromatic carbocycles. The minimum Gasteiger partial charge on any atom is -0.376 e. The van der Waals surface area contributed by atoms with Crippen molar-refractivity contribution in [3.63, 3.8) is 0 Å². The molecule has 0 spiro atoms. The summed E-state index contributed by atoms with van der Waals surface area (Å²) in [5.74, 6) is 0. The van der Waals surface area contributed by atoms with Crippen molar-refractivity contribution in [2.75, 3.05) is 6.61 Å². The van der Waals surface area contributed by atoms with Crippen LogP contribution in [-0.4, -0.2) is 16.4 Å². The molecule has 2 heterocycles. The normalized spacial score (nSPS) is 14.5. The molecule has 0 aliphatic carbocycles. The molecule has 3 heteroatoms. The third kappa shape index (κ3) is 1.91. The van der Waals surface area contributed by atoms with Crippen molar-refractivity contribution in [1.29, 1.82) is 0 Å². The van der Waals surface area contributed by atoms with Gasteiger partial charge in [0.05, 0.1) is 18.9 Å². The van der Waals surface area contributed by atoms with Crippen LogP contribution in [0.3, 0.4) is 0 Å². The third-order valence-corrected chi connectivity index (χ3v) is 2.21. The average molecular weight is 182 g/mol. The van der Waals surface area contributed by atoms with Gasteiger partial charge in [-0.3, -0.25) is 4.68 Å². The van der Waals surface area contributed by atoms with Gasteiger partial charge in [-0.2, -0.15) is 5.10 Å². The number of ether oxygens (including phenoxy) is 1. The molecule has 3 nitrogen and oxygen atoms in total. The summed E-state index contributed by atoms with van der Waals surface area (Å²) < 4.78 is 7.30. The van der Waals surface area contributed by atoms with Crippen molar-refractivity contribution in [2.24, 2.45) is 7.05 Å². The second kappa shape index (κ2) is 4.42. The largest absolute Gasteiger partial charge is 0.376 e. The zero-order valence-electron chi connectivity index (χ0n) is 8.92. The van der Waals surface area contributed by atoms with E-state index in [1.165, 1.54) is 11.3 Å². The number of nitrogens with zero attached hydrogens (tertiary/aromatic N) is 2. The second-order valence-electron chi connectivity index (χ2n) is 2.94. The first-order valence-corrected chi connectivity index (χ1v) is 4.88. The Bertz CT molecular complexity index is 252. The first kappa shape index (κ1) is 10.3. The van der Waals surface area contributed by atoms with Crippen molar-refractivity contribution in [3.8, 4) is 0 Å². The topological polar surface area (TPSA) is 27.1 Å². The van der Waals surface area contributed by atoms with Crippen LogP contribution in [0.5, 0.6) is 0 Å². The van der Waals surface area contributed by atoms with E-state index in [9.17, 15) is 0 Å². The molecule has 0 saturated carbocycles. The molecule has 0 unspecified atom stereocenters. The lowest BCUT2D eigenvalue weighted by molar-refractivity contribution is 0.109. The molecule has 1 aliphatic heterocycles. The van der Waals surface area contributed by atoms with Crippen LogP contribution >= 0.6 is 0 Å². The first-order valence-electron chi connectivity index (χ1n) is 4.88. The highest BCUT2D eigenvalue weighted by molar-refractivity contribution is 5.26. The third-order valence-electron chi connectivity index (χ3n) is 2.21. The van der Waals surface area contributed by atoms with Gasteiger partial charge < -0.3 is 4.74 Å². The second-order valence-corrected chi connectivity index (χ2v) is 2.94. The lowest BCUT2D eigenvalue weighted by Crippen LogP contribution is -2.11. The highest BCUT2D eigenvalue weighted by atomic mass is 16.5. The highest BCUT2D eigenvalue weighted by Gasteiger charge is 2.16. The predicted molar refractivity (Wildman–Crippen MR) is 52.7 cm³/mol. The Balaban J connectivity index is 0.000000396. The monoisotopic (exact) mass is 182 g/mol. The molecule has 0 fully saturated rings. The molecule has 0 N–H and O–H groups in total. The lowest BCUT2D eigenvalue weighted by Gasteiger charge is -2.12. The first-order chi connectivity index (χ1) is 6.29. The molecule has 2 rings (SSSR count). The van der Waals surface area contributed by atoms with Crippen molar-refractivity contribution in [3.05, 3.63) is 17.0 Å². The summed E-state index contributed by atoms with van der Waals surface area (Å²) in [6, 6.07) is 0. The molecule has 1 aromatic heterocycles. The number of rotatable bonds is 0. The van der Waals surface area contributed by atoms with Crippen LogP contribution in [0.25, 0.3) is 0 Å². The Morgan fingerprint density at radius 2 is 2.08 bits per heavy atom. The van der Waals surface area contributed by atoms with Crippen molar-refractivity contribution < 1.29 is 4.74 Å². The van der Waals surface area contributed by atoms with Gasteiger partial charge in [0, 0.05) is 24.7 Å². The Morgan fingerprint density at radius 1 is 1.38 bits per heavy atom. The van der Waals surface area contributed by atoms with E-state index < -0.39 is 0 Å². The van der Waals surface area contributed by atoms with Crippen molar-refractivity contribution in [1.82, 2.24) is 9.78 Å². The van der Waals surface area contributed by atoms with Crippen LogP contribution < -0.4 is 0 Å². The summed E-state index contributed by atoms with van der Waals surface area (Å²) in [6.45, 7) is 7.62. The maximum Gasteiger partial charge on any atom is 0.0753 e. The van der Waals surface area contributed by atoms with Crippen molar-refractivity contribution in [2.45, 2.75) is 33.8 Å². The van der Waals surface area contributed by atoms with Gasteiger partial charge in [-0.25, -0.2) is 0 Å². The average Bonchev–Trinajstić information content (AvgIpc) is 2.47. The maximum absolute atomic E-state index is 5.34. The molecule has 0 atom stereocenters. The molecule has 0 amide bonds. The number of aryl methyl sites for hydroxylation is 2. The van der Waals surface area contributed by atoms with E-state index in [2.05, 4.69) is 5.10 Å². The molecule has 0 radical (unpaired) electrons. The molecule has 1 aliphatic rings. The minimum atomic E-state index is 0.745. The Hall–Kier alpha value is -0.830. The summed E-state index contributed by atoms with van der Waals surface area (Å²) in [4.78, 5) is 0. The maximum atomic E-state index is 5.34. The van der Waals surface area contributed by atoms with Crippen LogP contribution in [0.2, 0.25) is 0 Å². The van der Waals surface area contributed by atoms with E-state index in [1.807, 2.05) is 32.5 Å². The van der Waals surface area contributed by atoms with Crippen LogP contribution in [0, 0.1) is 6.92 Å². The van der Waals surface area contributed by atoms with Crippen LogP contribution in [-0.2, 0) is 24.8 Å². The van der Waals surface area contributed by atoms with Gasteiger partial charge in [0.15, 0.2) is 0 Å². The Labute approximate surface area is 79.7 Å². The van der Waals surface area contributed by atoms with E-state index in [1.54, 1.807) is 0 Å². The van der Waals surface area contributed by atoms with Gasteiger partial charge in [0.25, 0.3) is 0 Å². The van der Waals surface area contributed by atoms with Crippen molar-refractivity contribution >= 4 is 0 Å².